The molecule has 1 aromatic rings. The Bertz CT molecular complexity index is 502. The summed E-state index contributed by atoms with van der Waals surface area (Å²) in [6.45, 7) is 6.85. The number of benzene rings is 1. The SMILES string of the molecule is CC(C)(C)C1CC(=O)N(C(=O)c2ccc(Br)cc2)C1. The highest BCUT2D eigenvalue weighted by atomic mass is 79.9. The van der Waals surface area contributed by atoms with Gasteiger partial charge in [0.1, 0.15) is 0 Å². The number of hydrogen-bond acceptors (Lipinski definition) is 2. The van der Waals surface area contributed by atoms with Crippen LogP contribution in [0.25, 0.3) is 0 Å². The number of imide groups is 1. The first kappa shape index (κ1) is 14.3. The molecule has 1 atom stereocenters. The summed E-state index contributed by atoms with van der Waals surface area (Å²) in [5, 5.41) is 0. The third-order valence-corrected chi connectivity index (χ3v) is 4.21. The molecular formula is C15H18BrNO2. The zero-order valence-corrected chi connectivity index (χ0v) is 13.0. The van der Waals surface area contributed by atoms with Crippen LogP contribution in [0.5, 0.6) is 0 Å². The molecule has 0 N–H and O–H groups in total. The summed E-state index contributed by atoms with van der Waals surface area (Å²) in [5.74, 6) is -0.0171. The molecule has 3 nitrogen and oxygen atoms in total. The molecule has 19 heavy (non-hydrogen) atoms. The Kier molecular flexibility index (Phi) is 3.81. The van der Waals surface area contributed by atoms with Gasteiger partial charge in [0.2, 0.25) is 5.91 Å². The second-order valence-corrected chi connectivity index (χ2v) is 7.00. The predicted octanol–water partition coefficient (Wildman–Crippen LogP) is 3.48. The number of nitrogens with zero attached hydrogens (tertiary/aromatic N) is 1. The van der Waals surface area contributed by atoms with Gasteiger partial charge in [-0.3, -0.25) is 14.5 Å². The van der Waals surface area contributed by atoms with Gasteiger partial charge in [0.05, 0.1) is 0 Å². The van der Waals surface area contributed by atoms with Crippen LogP contribution in [-0.4, -0.2) is 23.3 Å². The summed E-state index contributed by atoms with van der Waals surface area (Å²) in [4.78, 5) is 25.7. The van der Waals surface area contributed by atoms with Crippen LogP contribution in [0.3, 0.4) is 0 Å². The fourth-order valence-electron chi connectivity index (χ4n) is 2.23. The minimum Gasteiger partial charge on any atom is -0.278 e. The molecule has 0 bridgehead atoms. The van der Waals surface area contributed by atoms with Gasteiger partial charge in [0, 0.05) is 23.0 Å². The molecule has 0 aromatic heterocycles. The summed E-state index contributed by atoms with van der Waals surface area (Å²) >= 11 is 3.33. The Balaban J connectivity index is 2.17. The Morgan fingerprint density at radius 3 is 2.32 bits per heavy atom. The van der Waals surface area contributed by atoms with Crippen molar-refractivity contribution in [1.29, 1.82) is 0 Å². The van der Waals surface area contributed by atoms with Gasteiger partial charge >= 0.3 is 0 Å². The molecule has 0 radical (unpaired) electrons. The van der Waals surface area contributed by atoms with E-state index in [1.807, 2.05) is 12.1 Å². The Labute approximate surface area is 122 Å². The minimum atomic E-state index is -0.191. The fraction of sp³-hybridized carbons (Fsp3) is 0.467. The third-order valence-electron chi connectivity index (χ3n) is 3.69. The lowest BCUT2D eigenvalue weighted by molar-refractivity contribution is -0.125. The lowest BCUT2D eigenvalue weighted by Gasteiger charge is -2.26. The summed E-state index contributed by atoms with van der Waals surface area (Å²) < 4.78 is 0.921. The molecule has 0 aliphatic carbocycles. The molecule has 0 saturated carbocycles. The van der Waals surface area contributed by atoms with Crippen molar-refractivity contribution in [1.82, 2.24) is 4.90 Å². The van der Waals surface area contributed by atoms with Gasteiger partial charge in [-0.2, -0.15) is 0 Å². The maximum atomic E-state index is 12.3. The number of halogens is 1. The molecule has 1 fully saturated rings. The van der Waals surface area contributed by atoms with Crippen LogP contribution >= 0.6 is 15.9 Å². The van der Waals surface area contributed by atoms with Gasteiger partial charge in [-0.05, 0) is 35.6 Å². The zero-order valence-electron chi connectivity index (χ0n) is 11.4. The van der Waals surface area contributed by atoms with Crippen LogP contribution in [-0.2, 0) is 4.79 Å². The van der Waals surface area contributed by atoms with Crippen LogP contribution in [0.15, 0.2) is 28.7 Å². The van der Waals surface area contributed by atoms with Crippen molar-refractivity contribution in [3.63, 3.8) is 0 Å². The van der Waals surface area contributed by atoms with Crippen molar-refractivity contribution >= 4 is 27.7 Å². The zero-order chi connectivity index (χ0) is 14.2. The van der Waals surface area contributed by atoms with Crippen molar-refractivity contribution in [2.45, 2.75) is 27.2 Å². The van der Waals surface area contributed by atoms with Crippen LogP contribution < -0.4 is 0 Å². The lowest BCUT2D eigenvalue weighted by atomic mass is 9.80. The maximum Gasteiger partial charge on any atom is 0.260 e. The largest absolute Gasteiger partial charge is 0.278 e. The molecule has 0 spiro atoms. The quantitative estimate of drug-likeness (QED) is 0.742. The standard InChI is InChI=1S/C15H18BrNO2/c1-15(2,3)11-8-13(18)17(9-11)14(19)10-4-6-12(16)7-5-10/h4-7,11H,8-9H2,1-3H3. The average Bonchev–Trinajstić information content (AvgIpc) is 2.71. The molecular weight excluding hydrogens is 306 g/mol. The van der Waals surface area contributed by atoms with Crippen LogP contribution in [0, 0.1) is 11.3 Å². The molecule has 1 unspecified atom stereocenters. The Morgan fingerprint density at radius 2 is 1.84 bits per heavy atom. The Morgan fingerprint density at radius 1 is 1.26 bits per heavy atom. The monoisotopic (exact) mass is 323 g/mol. The predicted molar refractivity (Wildman–Crippen MR) is 77.7 cm³/mol. The van der Waals surface area contributed by atoms with Gasteiger partial charge in [-0.25, -0.2) is 0 Å². The van der Waals surface area contributed by atoms with E-state index in [9.17, 15) is 9.59 Å². The molecule has 2 rings (SSSR count). The number of likely N-dealkylation sites (tertiary alicyclic amines) is 1. The van der Waals surface area contributed by atoms with E-state index >= 15 is 0 Å². The normalized spacial score (nSPS) is 19.9. The van der Waals surface area contributed by atoms with Crippen molar-refractivity contribution in [2.24, 2.45) is 11.3 Å². The molecule has 1 heterocycles. The van der Waals surface area contributed by atoms with Crippen LogP contribution in [0.2, 0.25) is 0 Å². The van der Waals surface area contributed by atoms with Crippen molar-refractivity contribution < 1.29 is 9.59 Å². The molecule has 1 aliphatic rings. The fourth-order valence-corrected chi connectivity index (χ4v) is 2.50. The third kappa shape index (κ3) is 3.06. The van der Waals surface area contributed by atoms with E-state index < -0.39 is 0 Å². The smallest absolute Gasteiger partial charge is 0.260 e. The van der Waals surface area contributed by atoms with Crippen molar-refractivity contribution in [3.8, 4) is 0 Å². The first-order chi connectivity index (χ1) is 8.79. The summed E-state index contributed by atoms with van der Waals surface area (Å²) in [6.07, 6.45) is 0.464. The van der Waals surface area contributed by atoms with Crippen molar-refractivity contribution in [3.05, 3.63) is 34.3 Å². The molecule has 1 aromatic carbocycles. The summed E-state index contributed by atoms with van der Waals surface area (Å²) in [7, 11) is 0. The highest BCUT2D eigenvalue weighted by Gasteiger charge is 2.39. The van der Waals surface area contributed by atoms with E-state index in [1.54, 1.807) is 12.1 Å². The van der Waals surface area contributed by atoms with Crippen LogP contribution in [0.4, 0.5) is 0 Å². The van der Waals surface area contributed by atoms with E-state index in [2.05, 4.69) is 36.7 Å². The number of rotatable bonds is 1. The van der Waals surface area contributed by atoms with Gasteiger partial charge in [-0.15, -0.1) is 0 Å². The second-order valence-electron chi connectivity index (χ2n) is 6.08. The highest BCUT2D eigenvalue weighted by Crippen LogP contribution is 2.34. The maximum absolute atomic E-state index is 12.3. The molecule has 4 heteroatoms. The van der Waals surface area contributed by atoms with Crippen LogP contribution in [0.1, 0.15) is 37.6 Å². The first-order valence-corrected chi connectivity index (χ1v) is 7.18. The molecule has 2 amide bonds. The lowest BCUT2D eigenvalue weighted by Crippen LogP contribution is -2.33. The van der Waals surface area contributed by atoms with E-state index in [1.165, 1.54) is 4.90 Å². The first-order valence-electron chi connectivity index (χ1n) is 6.39. The number of amides is 2. The second kappa shape index (κ2) is 5.08. The van der Waals surface area contributed by atoms with E-state index in [-0.39, 0.29) is 23.1 Å². The topological polar surface area (TPSA) is 37.4 Å². The van der Waals surface area contributed by atoms with Gasteiger partial charge in [0.15, 0.2) is 0 Å². The summed E-state index contributed by atoms with van der Waals surface area (Å²) in [6, 6.07) is 7.11. The van der Waals surface area contributed by atoms with E-state index in [4.69, 9.17) is 0 Å². The van der Waals surface area contributed by atoms with E-state index in [0.717, 1.165) is 4.47 Å². The van der Waals surface area contributed by atoms with Gasteiger partial charge in [-0.1, -0.05) is 36.7 Å². The van der Waals surface area contributed by atoms with E-state index in [0.29, 0.717) is 18.5 Å². The molecule has 1 aliphatic heterocycles. The number of carbonyl (C=O) groups is 2. The molecule has 1 saturated heterocycles. The number of hydrogen-bond donors (Lipinski definition) is 0. The highest BCUT2D eigenvalue weighted by molar-refractivity contribution is 9.10. The minimum absolute atomic E-state index is 0.0460. The van der Waals surface area contributed by atoms with Crippen molar-refractivity contribution in [2.75, 3.05) is 6.54 Å². The average molecular weight is 324 g/mol. The Hall–Kier alpha value is -1.16. The number of carbonyl (C=O) groups excluding carboxylic acids is 2. The van der Waals surface area contributed by atoms with Gasteiger partial charge in [0.25, 0.3) is 5.91 Å². The summed E-state index contributed by atoms with van der Waals surface area (Å²) in [5.41, 5.74) is 0.607. The van der Waals surface area contributed by atoms with Gasteiger partial charge < -0.3 is 0 Å². The molecule has 102 valence electrons.